The Balaban J connectivity index is 2.25. The molecule has 12 heavy (non-hydrogen) atoms. The Bertz CT molecular complexity index is 213. The third-order valence-corrected chi connectivity index (χ3v) is 2.08. The van der Waals surface area contributed by atoms with E-state index < -0.39 is 9.04 Å². The van der Waals surface area contributed by atoms with Gasteiger partial charge in [0.25, 0.3) is 0 Å². The minimum absolute atomic E-state index is 0.798. The molecule has 3 heteroatoms. The molecule has 0 atom stereocenters. The largest absolute Gasteiger partial charge is 0.349 e. The number of nitrogens with one attached hydrogen (secondary N) is 1. The van der Waals surface area contributed by atoms with Crippen molar-refractivity contribution in [3.63, 3.8) is 0 Å². The van der Waals surface area contributed by atoms with E-state index in [9.17, 15) is 0 Å². The van der Waals surface area contributed by atoms with E-state index in [1.54, 1.807) is 0 Å². The molecule has 0 radical (unpaired) electrons. The number of hydrogen-bond donors (Lipinski definition) is 1. The van der Waals surface area contributed by atoms with Crippen LogP contribution in [-0.2, 0) is 11.1 Å². The summed E-state index contributed by atoms with van der Waals surface area (Å²) >= 11 is 0. The van der Waals surface area contributed by atoms with Crippen molar-refractivity contribution in [3.8, 4) is 0 Å². The standard InChI is InChI=1S/C9H15NOSi/c1-12(2)11-10-8-9-6-4-3-5-7-9/h3-7,10,12H,8H2,1-2H3. The number of hydroxylamine groups is 1. The average molecular weight is 181 g/mol. The lowest BCUT2D eigenvalue weighted by molar-refractivity contribution is 0.194. The molecular formula is C9H15NOSi. The molecule has 0 aromatic heterocycles. The van der Waals surface area contributed by atoms with Crippen molar-refractivity contribution in [2.75, 3.05) is 0 Å². The van der Waals surface area contributed by atoms with Gasteiger partial charge in [-0.1, -0.05) is 30.3 Å². The first-order valence-electron chi connectivity index (χ1n) is 4.21. The summed E-state index contributed by atoms with van der Waals surface area (Å²) in [6.07, 6.45) is 0. The minimum atomic E-state index is -0.923. The summed E-state index contributed by atoms with van der Waals surface area (Å²) in [6, 6.07) is 10.2. The SMILES string of the molecule is C[SiH](C)ONCc1ccccc1. The summed E-state index contributed by atoms with van der Waals surface area (Å²) in [6.45, 7) is 5.07. The fraction of sp³-hybridized carbons (Fsp3) is 0.333. The minimum Gasteiger partial charge on any atom is -0.349 e. The van der Waals surface area contributed by atoms with Crippen molar-refractivity contribution in [2.24, 2.45) is 0 Å². The van der Waals surface area contributed by atoms with Crippen molar-refractivity contribution in [3.05, 3.63) is 35.9 Å². The summed E-state index contributed by atoms with van der Waals surface area (Å²) in [4.78, 5) is 0. The Hall–Kier alpha value is -0.643. The molecule has 0 saturated heterocycles. The Morgan fingerprint density at radius 1 is 1.25 bits per heavy atom. The second-order valence-corrected chi connectivity index (χ2v) is 5.31. The first-order chi connectivity index (χ1) is 5.79. The summed E-state index contributed by atoms with van der Waals surface area (Å²) in [5, 5.41) is 0. The van der Waals surface area contributed by atoms with Gasteiger partial charge in [-0.2, -0.15) is 0 Å². The lowest BCUT2D eigenvalue weighted by Crippen LogP contribution is -2.21. The first kappa shape index (κ1) is 9.44. The van der Waals surface area contributed by atoms with E-state index in [0.29, 0.717) is 0 Å². The Morgan fingerprint density at radius 3 is 2.50 bits per heavy atom. The topological polar surface area (TPSA) is 21.3 Å². The van der Waals surface area contributed by atoms with Crippen LogP contribution in [0.4, 0.5) is 0 Å². The monoisotopic (exact) mass is 181 g/mol. The van der Waals surface area contributed by atoms with Crippen LogP contribution in [0.3, 0.4) is 0 Å². The van der Waals surface area contributed by atoms with E-state index in [1.807, 2.05) is 18.2 Å². The summed E-state index contributed by atoms with van der Waals surface area (Å²) in [7, 11) is -0.923. The van der Waals surface area contributed by atoms with Gasteiger partial charge in [0.05, 0.1) is 0 Å². The lowest BCUT2D eigenvalue weighted by Gasteiger charge is -2.07. The first-order valence-corrected chi connectivity index (χ1v) is 6.99. The highest BCUT2D eigenvalue weighted by Gasteiger charge is 1.94. The second kappa shape index (κ2) is 5.08. The highest BCUT2D eigenvalue weighted by molar-refractivity contribution is 6.48. The van der Waals surface area contributed by atoms with Gasteiger partial charge in [0.2, 0.25) is 0 Å². The molecule has 0 saturated carbocycles. The summed E-state index contributed by atoms with van der Waals surface area (Å²) < 4.78 is 5.33. The summed E-state index contributed by atoms with van der Waals surface area (Å²) in [5.74, 6) is 0. The molecule has 0 amide bonds. The van der Waals surface area contributed by atoms with E-state index in [1.165, 1.54) is 5.56 Å². The van der Waals surface area contributed by atoms with Gasteiger partial charge in [-0.15, -0.1) is 0 Å². The zero-order valence-electron chi connectivity index (χ0n) is 7.58. The molecule has 0 bridgehead atoms. The molecule has 1 N–H and O–H groups in total. The van der Waals surface area contributed by atoms with Gasteiger partial charge < -0.3 is 4.53 Å². The van der Waals surface area contributed by atoms with Gasteiger partial charge in [0, 0.05) is 6.54 Å². The molecule has 1 aromatic carbocycles. The second-order valence-electron chi connectivity index (χ2n) is 2.97. The van der Waals surface area contributed by atoms with Crippen LogP contribution < -0.4 is 5.48 Å². The van der Waals surface area contributed by atoms with E-state index in [4.69, 9.17) is 4.53 Å². The molecule has 0 fully saturated rings. The van der Waals surface area contributed by atoms with Gasteiger partial charge in [-0.3, -0.25) is 0 Å². The maximum atomic E-state index is 5.33. The zero-order valence-corrected chi connectivity index (χ0v) is 8.73. The van der Waals surface area contributed by atoms with Gasteiger partial charge in [0.15, 0.2) is 9.04 Å². The van der Waals surface area contributed by atoms with E-state index in [-0.39, 0.29) is 0 Å². The molecule has 0 unspecified atom stereocenters. The molecule has 0 aliphatic carbocycles. The van der Waals surface area contributed by atoms with Crippen LogP contribution in [0.1, 0.15) is 5.56 Å². The molecule has 0 heterocycles. The highest BCUT2D eigenvalue weighted by Crippen LogP contribution is 1.96. The molecule has 66 valence electrons. The quantitative estimate of drug-likeness (QED) is 0.564. The van der Waals surface area contributed by atoms with Crippen LogP contribution in [0, 0.1) is 0 Å². The third kappa shape index (κ3) is 3.66. The Labute approximate surface area is 75.2 Å². The fourth-order valence-electron chi connectivity index (χ4n) is 0.888. The molecule has 0 aliphatic rings. The lowest BCUT2D eigenvalue weighted by atomic mass is 10.2. The van der Waals surface area contributed by atoms with E-state index in [0.717, 1.165) is 6.54 Å². The molecule has 0 spiro atoms. The molecule has 2 nitrogen and oxygen atoms in total. The third-order valence-electron chi connectivity index (χ3n) is 1.44. The number of hydrogen-bond acceptors (Lipinski definition) is 2. The Kier molecular flexibility index (Phi) is 4.00. The maximum absolute atomic E-state index is 5.33. The molecule has 1 aromatic rings. The van der Waals surface area contributed by atoms with Crippen LogP contribution in [0.5, 0.6) is 0 Å². The van der Waals surface area contributed by atoms with Gasteiger partial charge in [-0.25, -0.2) is 5.48 Å². The Morgan fingerprint density at radius 2 is 1.92 bits per heavy atom. The maximum Gasteiger partial charge on any atom is 0.199 e. The molecule has 1 rings (SSSR count). The fourth-order valence-corrected chi connectivity index (χ4v) is 1.30. The van der Waals surface area contributed by atoms with E-state index >= 15 is 0 Å². The van der Waals surface area contributed by atoms with Crippen molar-refractivity contribution in [1.82, 2.24) is 5.48 Å². The predicted molar refractivity (Wildman–Crippen MR) is 53.2 cm³/mol. The number of rotatable bonds is 4. The van der Waals surface area contributed by atoms with Crippen molar-refractivity contribution in [1.29, 1.82) is 0 Å². The van der Waals surface area contributed by atoms with Crippen LogP contribution in [0.25, 0.3) is 0 Å². The van der Waals surface area contributed by atoms with Crippen LogP contribution in [-0.4, -0.2) is 9.04 Å². The molecule has 0 aliphatic heterocycles. The zero-order chi connectivity index (χ0) is 8.81. The smallest absolute Gasteiger partial charge is 0.199 e. The number of benzene rings is 1. The van der Waals surface area contributed by atoms with E-state index in [2.05, 4.69) is 30.7 Å². The highest BCUT2D eigenvalue weighted by atomic mass is 28.3. The molecular weight excluding hydrogens is 166 g/mol. The van der Waals surface area contributed by atoms with Gasteiger partial charge in [0.1, 0.15) is 0 Å². The van der Waals surface area contributed by atoms with Crippen LogP contribution in [0.15, 0.2) is 30.3 Å². The van der Waals surface area contributed by atoms with Gasteiger partial charge in [-0.05, 0) is 18.7 Å². The van der Waals surface area contributed by atoms with Crippen LogP contribution >= 0.6 is 0 Å². The van der Waals surface area contributed by atoms with Gasteiger partial charge >= 0.3 is 0 Å². The average Bonchev–Trinajstić information content (AvgIpc) is 2.05. The van der Waals surface area contributed by atoms with Crippen molar-refractivity contribution >= 4 is 9.04 Å². The predicted octanol–water partition coefficient (Wildman–Crippen LogP) is 1.69. The van der Waals surface area contributed by atoms with Crippen LogP contribution in [0.2, 0.25) is 13.1 Å². The van der Waals surface area contributed by atoms with Crippen molar-refractivity contribution in [2.45, 2.75) is 19.6 Å². The van der Waals surface area contributed by atoms with Crippen molar-refractivity contribution < 1.29 is 4.53 Å². The summed E-state index contributed by atoms with van der Waals surface area (Å²) in [5.41, 5.74) is 4.22. The normalized spacial score (nSPS) is 10.6.